The Labute approximate surface area is 158 Å². The molecule has 0 fully saturated rings. The molecule has 5 heteroatoms. The molecular formula is C21H25N3OS. The first-order valence-corrected chi connectivity index (χ1v) is 9.57. The van der Waals surface area contributed by atoms with Gasteiger partial charge in [-0.25, -0.2) is 4.79 Å². The molecule has 0 radical (unpaired) electrons. The van der Waals surface area contributed by atoms with E-state index in [1.165, 1.54) is 16.0 Å². The van der Waals surface area contributed by atoms with Crippen LogP contribution in [0.4, 0.5) is 10.5 Å². The molecule has 0 unspecified atom stereocenters. The smallest absolute Gasteiger partial charge is 0.319 e. The van der Waals surface area contributed by atoms with Gasteiger partial charge in [0, 0.05) is 28.5 Å². The quantitative estimate of drug-likeness (QED) is 0.614. The molecule has 0 aliphatic rings. The number of anilines is 1. The first kappa shape index (κ1) is 18.3. The Morgan fingerprint density at radius 2 is 1.73 bits per heavy atom. The summed E-state index contributed by atoms with van der Waals surface area (Å²) in [5, 5.41) is 7.23. The van der Waals surface area contributed by atoms with E-state index < -0.39 is 0 Å². The van der Waals surface area contributed by atoms with E-state index in [0.717, 1.165) is 21.8 Å². The average Bonchev–Trinajstić information content (AvgIpc) is 3.21. The molecule has 2 heterocycles. The lowest BCUT2D eigenvalue weighted by Gasteiger charge is -2.18. The summed E-state index contributed by atoms with van der Waals surface area (Å²) in [4.78, 5) is 13.8. The lowest BCUT2D eigenvalue weighted by Crippen LogP contribution is -2.32. The first-order valence-electron chi connectivity index (χ1n) is 8.75. The van der Waals surface area contributed by atoms with Crippen LogP contribution >= 0.6 is 11.3 Å². The molecule has 0 spiro atoms. The number of rotatable bonds is 4. The summed E-state index contributed by atoms with van der Waals surface area (Å²) >= 11 is 1.75. The lowest BCUT2D eigenvalue weighted by molar-refractivity contribution is 0.249. The standard InChI is InChI=1S/C21H25N3OS/c1-13-9-8-10-18(14(13)2)23-21(25)22-16(4)19-15(3)17(5)26-20(19)24-11-6-7-12-24/h6-12,16H,1-5H3,(H2,22,23,25)/t16-/m0/s1. The number of aromatic nitrogens is 1. The summed E-state index contributed by atoms with van der Waals surface area (Å²) in [7, 11) is 0. The van der Waals surface area contributed by atoms with E-state index in [1.807, 2.05) is 63.5 Å². The molecule has 0 aliphatic heterocycles. The Morgan fingerprint density at radius 1 is 1.04 bits per heavy atom. The van der Waals surface area contributed by atoms with E-state index in [1.54, 1.807) is 11.3 Å². The van der Waals surface area contributed by atoms with Gasteiger partial charge < -0.3 is 15.2 Å². The molecule has 0 saturated heterocycles. The van der Waals surface area contributed by atoms with Gasteiger partial charge in [-0.05, 0) is 69.5 Å². The second-order valence-electron chi connectivity index (χ2n) is 6.66. The van der Waals surface area contributed by atoms with Crippen LogP contribution in [0.1, 0.15) is 40.1 Å². The minimum atomic E-state index is -0.187. The van der Waals surface area contributed by atoms with E-state index in [0.29, 0.717) is 0 Å². The van der Waals surface area contributed by atoms with Crippen molar-refractivity contribution in [3.63, 3.8) is 0 Å². The highest BCUT2D eigenvalue weighted by atomic mass is 32.1. The van der Waals surface area contributed by atoms with Gasteiger partial charge >= 0.3 is 6.03 Å². The summed E-state index contributed by atoms with van der Waals surface area (Å²) in [5.41, 5.74) is 5.50. The molecule has 3 aromatic rings. The van der Waals surface area contributed by atoms with Crippen LogP contribution in [0.15, 0.2) is 42.7 Å². The maximum atomic E-state index is 12.6. The minimum Gasteiger partial charge on any atom is -0.331 e. The van der Waals surface area contributed by atoms with Crippen LogP contribution in [0.2, 0.25) is 0 Å². The molecule has 0 bridgehead atoms. The predicted octanol–water partition coefficient (Wildman–Crippen LogP) is 5.66. The number of hydrogen-bond acceptors (Lipinski definition) is 2. The van der Waals surface area contributed by atoms with E-state index >= 15 is 0 Å². The van der Waals surface area contributed by atoms with Crippen LogP contribution in [0.5, 0.6) is 0 Å². The van der Waals surface area contributed by atoms with Gasteiger partial charge in [0.15, 0.2) is 0 Å². The molecule has 0 aliphatic carbocycles. The normalized spacial score (nSPS) is 12.0. The highest BCUT2D eigenvalue weighted by molar-refractivity contribution is 7.14. The lowest BCUT2D eigenvalue weighted by atomic mass is 10.1. The van der Waals surface area contributed by atoms with Crippen LogP contribution in [0, 0.1) is 27.7 Å². The third-order valence-corrected chi connectivity index (χ3v) is 6.12. The second kappa shape index (κ2) is 7.38. The summed E-state index contributed by atoms with van der Waals surface area (Å²) in [6, 6.07) is 9.67. The molecule has 4 nitrogen and oxygen atoms in total. The zero-order chi connectivity index (χ0) is 18.8. The van der Waals surface area contributed by atoms with Crippen molar-refractivity contribution in [3.05, 3.63) is 69.9 Å². The van der Waals surface area contributed by atoms with Gasteiger partial charge in [0.1, 0.15) is 5.00 Å². The van der Waals surface area contributed by atoms with Crippen LogP contribution in [0.25, 0.3) is 5.00 Å². The van der Waals surface area contributed by atoms with Crippen molar-refractivity contribution in [2.45, 2.75) is 40.7 Å². The Bertz CT molecular complexity index is 925. The average molecular weight is 368 g/mol. The predicted molar refractivity (Wildman–Crippen MR) is 110 cm³/mol. The molecule has 2 amide bonds. The number of hydrogen-bond donors (Lipinski definition) is 2. The molecule has 26 heavy (non-hydrogen) atoms. The molecule has 136 valence electrons. The number of carbonyl (C=O) groups is 1. The maximum Gasteiger partial charge on any atom is 0.319 e. The van der Waals surface area contributed by atoms with Crippen molar-refractivity contribution >= 4 is 23.1 Å². The van der Waals surface area contributed by atoms with Crippen molar-refractivity contribution in [2.24, 2.45) is 0 Å². The number of nitrogens with zero attached hydrogens (tertiary/aromatic N) is 1. The number of nitrogens with one attached hydrogen (secondary N) is 2. The third kappa shape index (κ3) is 3.53. The Morgan fingerprint density at radius 3 is 2.42 bits per heavy atom. The minimum absolute atomic E-state index is 0.0949. The molecular weight excluding hydrogens is 342 g/mol. The summed E-state index contributed by atoms with van der Waals surface area (Å²) < 4.78 is 2.11. The molecule has 2 N–H and O–H groups in total. The van der Waals surface area contributed by atoms with E-state index in [-0.39, 0.29) is 12.1 Å². The Balaban J connectivity index is 1.81. The van der Waals surface area contributed by atoms with Gasteiger partial charge in [0.25, 0.3) is 0 Å². The van der Waals surface area contributed by atoms with Crippen LogP contribution in [-0.2, 0) is 0 Å². The van der Waals surface area contributed by atoms with Gasteiger partial charge in [0.2, 0.25) is 0 Å². The monoisotopic (exact) mass is 367 g/mol. The molecule has 3 rings (SSSR count). The van der Waals surface area contributed by atoms with Crippen molar-refractivity contribution in [3.8, 4) is 5.00 Å². The van der Waals surface area contributed by atoms with Crippen molar-refractivity contribution < 1.29 is 4.79 Å². The Hall–Kier alpha value is -2.53. The highest BCUT2D eigenvalue weighted by Gasteiger charge is 2.21. The number of urea groups is 1. The van der Waals surface area contributed by atoms with E-state index in [2.05, 4.69) is 29.0 Å². The van der Waals surface area contributed by atoms with Gasteiger partial charge in [0.05, 0.1) is 6.04 Å². The van der Waals surface area contributed by atoms with E-state index in [9.17, 15) is 4.79 Å². The summed E-state index contributed by atoms with van der Waals surface area (Å²) in [6.45, 7) is 10.3. The molecule has 1 aromatic carbocycles. The van der Waals surface area contributed by atoms with Crippen molar-refractivity contribution in [1.29, 1.82) is 0 Å². The fraction of sp³-hybridized carbons (Fsp3) is 0.286. The number of carbonyl (C=O) groups excluding carboxylic acids is 1. The molecule has 2 aromatic heterocycles. The number of benzene rings is 1. The van der Waals surface area contributed by atoms with Gasteiger partial charge in [-0.3, -0.25) is 0 Å². The fourth-order valence-corrected chi connectivity index (χ4v) is 4.33. The van der Waals surface area contributed by atoms with Gasteiger partial charge in [-0.2, -0.15) is 0 Å². The maximum absolute atomic E-state index is 12.6. The largest absolute Gasteiger partial charge is 0.331 e. The number of aryl methyl sites for hydroxylation is 2. The second-order valence-corrected chi connectivity index (χ2v) is 7.86. The first-order chi connectivity index (χ1) is 12.4. The SMILES string of the molecule is Cc1cccc(NC(=O)N[C@@H](C)c2c(-n3cccc3)sc(C)c2C)c1C. The van der Waals surface area contributed by atoms with Crippen LogP contribution in [0.3, 0.4) is 0 Å². The van der Waals surface area contributed by atoms with Crippen LogP contribution in [-0.4, -0.2) is 10.6 Å². The third-order valence-electron chi connectivity index (χ3n) is 4.88. The summed E-state index contributed by atoms with van der Waals surface area (Å²) in [6.07, 6.45) is 4.08. The number of amides is 2. The Kier molecular flexibility index (Phi) is 5.18. The van der Waals surface area contributed by atoms with Crippen molar-refractivity contribution in [1.82, 2.24) is 9.88 Å². The highest BCUT2D eigenvalue weighted by Crippen LogP contribution is 2.35. The van der Waals surface area contributed by atoms with E-state index in [4.69, 9.17) is 0 Å². The fourth-order valence-electron chi connectivity index (χ4n) is 3.11. The molecule has 0 saturated carbocycles. The zero-order valence-electron chi connectivity index (χ0n) is 15.9. The summed E-state index contributed by atoms with van der Waals surface area (Å²) in [5.74, 6) is 0. The van der Waals surface area contributed by atoms with Gasteiger partial charge in [-0.1, -0.05) is 12.1 Å². The molecule has 1 atom stereocenters. The van der Waals surface area contributed by atoms with Crippen LogP contribution < -0.4 is 10.6 Å². The number of thiophene rings is 1. The van der Waals surface area contributed by atoms with Gasteiger partial charge in [-0.15, -0.1) is 11.3 Å². The van der Waals surface area contributed by atoms with Crippen molar-refractivity contribution in [2.75, 3.05) is 5.32 Å². The zero-order valence-corrected chi connectivity index (χ0v) is 16.7. The topological polar surface area (TPSA) is 46.1 Å².